The monoisotopic (exact) mass is 262 g/mol. The Balaban J connectivity index is 2.36. The molecule has 0 unspecified atom stereocenters. The quantitative estimate of drug-likeness (QED) is 0.763. The molecule has 2 rings (SSSR count). The minimum absolute atomic E-state index is 0.432. The second-order valence-electron chi connectivity index (χ2n) is 4.34. The lowest BCUT2D eigenvalue weighted by molar-refractivity contribution is 0.455. The van der Waals surface area contributed by atoms with Crippen molar-refractivity contribution in [2.75, 3.05) is 0 Å². The fraction of sp³-hybridized carbons (Fsp3) is 0.286. The van der Waals surface area contributed by atoms with Crippen LogP contribution in [0.1, 0.15) is 22.5 Å². The molecule has 0 saturated heterocycles. The van der Waals surface area contributed by atoms with Crippen molar-refractivity contribution in [1.82, 2.24) is 9.97 Å². The molecule has 3 nitrogen and oxygen atoms in total. The number of hydrogen-bond acceptors (Lipinski definition) is 3. The Morgan fingerprint density at radius 2 is 1.72 bits per heavy atom. The number of rotatable bonds is 2. The van der Waals surface area contributed by atoms with Gasteiger partial charge < -0.3 is 4.74 Å². The third kappa shape index (κ3) is 2.62. The molecule has 1 aromatic carbocycles. The van der Waals surface area contributed by atoms with E-state index in [0.29, 0.717) is 16.9 Å². The summed E-state index contributed by atoms with van der Waals surface area (Å²) in [5.41, 5.74) is 3.17. The summed E-state index contributed by atoms with van der Waals surface area (Å²) in [7, 11) is 0. The minimum atomic E-state index is 0.432. The highest BCUT2D eigenvalue weighted by Crippen LogP contribution is 2.27. The van der Waals surface area contributed by atoms with E-state index in [-0.39, 0.29) is 0 Å². The van der Waals surface area contributed by atoms with Gasteiger partial charge in [0.05, 0.1) is 0 Å². The van der Waals surface area contributed by atoms with Gasteiger partial charge in [-0.2, -0.15) is 4.98 Å². The van der Waals surface area contributed by atoms with Gasteiger partial charge in [0.2, 0.25) is 5.88 Å². The largest absolute Gasteiger partial charge is 0.439 e. The maximum Gasteiger partial charge on any atom is 0.226 e. The number of benzene rings is 1. The van der Waals surface area contributed by atoms with E-state index in [1.807, 2.05) is 32.0 Å². The fourth-order valence-corrected chi connectivity index (χ4v) is 1.76. The lowest BCUT2D eigenvalue weighted by Gasteiger charge is -2.10. The van der Waals surface area contributed by atoms with E-state index in [9.17, 15) is 0 Å². The molecule has 0 aliphatic heterocycles. The second kappa shape index (κ2) is 4.94. The molecule has 0 radical (unpaired) electrons. The molecule has 1 aromatic heterocycles. The fourth-order valence-electron chi connectivity index (χ4n) is 1.56. The Bertz CT molecular complexity index is 597. The Morgan fingerprint density at radius 1 is 1.00 bits per heavy atom. The average Bonchev–Trinajstić information content (AvgIpc) is 2.30. The first-order chi connectivity index (χ1) is 8.47. The van der Waals surface area contributed by atoms with E-state index in [0.717, 1.165) is 11.3 Å². The van der Waals surface area contributed by atoms with Gasteiger partial charge >= 0.3 is 0 Å². The third-order valence-electron chi connectivity index (χ3n) is 2.85. The summed E-state index contributed by atoms with van der Waals surface area (Å²) >= 11 is 6.01. The molecule has 0 amide bonds. The van der Waals surface area contributed by atoms with Gasteiger partial charge in [0, 0.05) is 5.56 Å². The van der Waals surface area contributed by atoms with Crippen LogP contribution in [0.3, 0.4) is 0 Å². The standard InChI is InChI=1S/C14H15ClN2O/c1-8-5-6-12(7-9(8)2)18-14-10(3)13(15)16-11(4)17-14/h5-7H,1-4H3. The molecular weight excluding hydrogens is 248 g/mol. The van der Waals surface area contributed by atoms with E-state index >= 15 is 0 Å². The van der Waals surface area contributed by atoms with Crippen LogP contribution in [-0.4, -0.2) is 9.97 Å². The summed E-state index contributed by atoms with van der Waals surface area (Å²) in [5, 5.41) is 0.432. The lowest BCUT2D eigenvalue weighted by atomic mass is 10.1. The average molecular weight is 263 g/mol. The number of aromatic nitrogens is 2. The van der Waals surface area contributed by atoms with Gasteiger partial charge in [0.25, 0.3) is 0 Å². The van der Waals surface area contributed by atoms with Crippen molar-refractivity contribution < 1.29 is 4.74 Å². The Morgan fingerprint density at radius 3 is 2.39 bits per heavy atom. The van der Waals surface area contributed by atoms with Crippen molar-refractivity contribution in [2.24, 2.45) is 0 Å². The molecule has 18 heavy (non-hydrogen) atoms. The molecule has 0 N–H and O–H groups in total. The topological polar surface area (TPSA) is 35.0 Å². The number of ether oxygens (including phenoxy) is 1. The SMILES string of the molecule is Cc1nc(Cl)c(C)c(Oc2ccc(C)c(C)c2)n1. The molecule has 0 aliphatic rings. The van der Waals surface area contributed by atoms with E-state index in [2.05, 4.69) is 16.9 Å². The zero-order chi connectivity index (χ0) is 13.3. The molecule has 2 aromatic rings. The van der Waals surface area contributed by atoms with Crippen molar-refractivity contribution in [1.29, 1.82) is 0 Å². The maximum atomic E-state index is 6.01. The van der Waals surface area contributed by atoms with Crippen LogP contribution >= 0.6 is 11.6 Å². The summed E-state index contributed by atoms with van der Waals surface area (Å²) in [6, 6.07) is 5.93. The smallest absolute Gasteiger partial charge is 0.226 e. The molecule has 0 aliphatic carbocycles. The molecular formula is C14H15ClN2O. The predicted octanol–water partition coefficient (Wildman–Crippen LogP) is 4.16. The second-order valence-corrected chi connectivity index (χ2v) is 4.70. The summed E-state index contributed by atoms with van der Waals surface area (Å²) in [5.74, 6) is 1.87. The van der Waals surface area contributed by atoms with Gasteiger partial charge in [-0.3, -0.25) is 0 Å². The summed E-state index contributed by atoms with van der Waals surface area (Å²) in [6.07, 6.45) is 0. The van der Waals surface area contributed by atoms with Gasteiger partial charge in [-0.15, -0.1) is 0 Å². The Kier molecular flexibility index (Phi) is 3.53. The lowest BCUT2D eigenvalue weighted by Crippen LogP contribution is -1.97. The van der Waals surface area contributed by atoms with Crippen LogP contribution in [0.25, 0.3) is 0 Å². The molecule has 1 heterocycles. The van der Waals surface area contributed by atoms with Crippen molar-refractivity contribution in [2.45, 2.75) is 27.7 Å². The van der Waals surface area contributed by atoms with Crippen molar-refractivity contribution in [3.05, 3.63) is 45.9 Å². The Hall–Kier alpha value is -1.61. The molecule has 0 spiro atoms. The first kappa shape index (κ1) is 12.8. The van der Waals surface area contributed by atoms with Crippen LogP contribution in [0.5, 0.6) is 11.6 Å². The van der Waals surface area contributed by atoms with Gasteiger partial charge in [-0.05, 0) is 51.0 Å². The number of nitrogens with zero attached hydrogens (tertiary/aromatic N) is 2. The first-order valence-corrected chi connectivity index (χ1v) is 6.11. The zero-order valence-electron chi connectivity index (χ0n) is 10.9. The molecule has 0 atom stereocenters. The van der Waals surface area contributed by atoms with E-state index < -0.39 is 0 Å². The van der Waals surface area contributed by atoms with Gasteiger partial charge in [-0.25, -0.2) is 4.98 Å². The summed E-state index contributed by atoms with van der Waals surface area (Å²) in [4.78, 5) is 8.34. The van der Waals surface area contributed by atoms with Crippen LogP contribution in [0.15, 0.2) is 18.2 Å². The normalized spacial score (nSPS) is 10.5. The van der Waals surface area contributed by atoms with Crippen molar-refractivity contribution in [3.8, 4) is 11.6 Å². The number of aryl methyl sites for hydroxylation is 3. The molecule has 94 valence electrons. The van der Waals surface area contributed by atoms with Gasteiger partial charge in [0.15, 0.2) is 0 Å². The summed E-state index contributed by atoms with van der Waals surface area (Å²) < 4.78 is 5.77. The van der Waals surface area contributed by atoms with Crippen LogP contribution < -0.4 is 4.74 Å². The molecule has 0 fully saturated rings. The molecule has 0 saturated carbocycles. The molecule has 4 heteroatoms. The van der Waals surface area contributed by atoms with Gasteiger partial charge in [-0.1, -0.05) is 17.7 Å². The number of halogens is 1. The first-order valence-electron chi connectivity index (χ1n) is 5.73. The van der Waals surface area contributed by atoms with E-state index in [1.54, 1.807) is 6.92 Å². The van der Waals surface area contributed by atoms with Crippen molar-refractivity contribution in [3.63, 3.8) is 0 Å². The van der Waals surface area contributed by atoms with Crippen LogP contribution in [0, 0.1) is 27.7 Å². The van der Waals surface area contributed by atoms with Crippen LogP contribution in [-0.2, 0) is 0 Å². The maximum absolute atomic E-state index is 6.01. The number of hydrogen-bond donors (Lipinski definition) is 0. The highest BCUT2D eigenvalue weighted by atomic mass is 35.5. The van der Waals surface area contributed by atoms with Crippen molar-refractivity contribution >= 4 is 11.6 Å². The summed E-state index contributed by atoms with van der Waals surface area (Å²) in [6.45, 7) is 7.75. The zero-order valence-corrected chi connectivity index (χ0v) is 11.7. The third-order valence-corrected chi connectivity index (χ3v) is 3.21. The van der Waals surface area contributed by atoms with Gasteiger partial charge in [0.1, 0.15) is 16.7 Å². The van der Waals surface area contributed by atoms with E-state index in [4.69, 9.17) is 16.3 Å². The van der Waals surface area contributed by atoms with E-state index in [1.165, 1.54) is 11.1 Å². The Labute approximate surface area is 112 Å². The molecule has 0 bridgehead atoms. The minimum Gasteiger partial charge on any atom is -0.439 e. The predicted molar refractivity (Wildman–Crippen MR) is 72.5 cm³/mol. The van der Waals surface area contributed by atoms with Crippen LogP contribution in [0.2, 0.25) is 5.15 Å². The highest BCUT2D eigenvalue weighted by molar-refractivity contribution is 6.30. The highest BCUT2D eigenvalue weighted by Gasteiger charge is 2.09. The van der Waals surface area contributed by atoms with Crippen LogP contribution in [0.4, 0.5) is 0 Å².